The second-order valence-corrected chi connectivity index (χ2v) is 4.59. The summed E-state index contributed by atoms with van der Waals surface area (Å²) in [5, 5.41) is 14.9. The van der Waals surface area contributed by atoms with Gasteiger partial charge in [0.1, 0.15) is 0 Å². The average Bonchev–Trinajstić information content (AvgIpc) is 2.87. The Morgan fingerprint density at radius 1 is 1.00 bits per heavy atom. The van der Waals surface area contributed by atoms with Gasteiger partial charge in [0.25, 0.3) is 0 Å². The summed E-state index contributed by atoms with van der Waals surface area (Å²) in [7, 11) is 0. The summed E-state index contributed by atoms with van der Waals surface area (Å²) in [6.45, 7) is 4.12. The summed E-state index contributed by atoms with van der Waals surface area (Å²) < 4.78 is 0. The lowest BCUT2D eigenvalue weighted by Crippen LogP contribution is -2.00. The van der Waals surface area contributed by atoms with Crippen LogP contribution in [0.2, 0.25) is 0 Å². The van der Waals surface area contributed by atoms with Crippen molar-refractivity contribution in [2.24, 2.45) is 0 Å². The van der Waals surface area contributed by atoms with Gasteiger partial charge in [0.15, 0.2) is 5.82 Å². The maximum Gasteiger partial charge on any atom is 0.177 e. The monoisotopic (exact) mass is 238 g/mol. The second-order valence-electron chi connectivity index (χ2n) is 4.59. The van der Waals surface area contributed by atoms with Gasteiger partial charge in [-0.15, -0.1) is 15.0 Å². The minimum atomic E-state index is 0.286. The Balaban J connectivity index is 2.18. The fraction of sp³-hybridized carbons (Fsp3) is 0.214. The molecule has 0 unspecified atom stereocenters. The van der Waals surface area contributed by atoms with E-state index in [0.717, 1.165) is 16.9 Å². The molecule has 1 aromatic heterocycles. The Bertz CT molecular complexity index is 680. The van der Waals surface area contributed by atoms with Gasteiger partial charge in [0, 0.05) is 11.3 Å². The summed E-state index contributed by atoms with van der Waals surface area (Å²) in [5.74, 6) is 1.05. The van der Waals surface area contributed by atoms with Gasteiger partial charge in [-0.1, -0.05) is 50.2 Å². The van der Waals surface area contributed by atoms with Gasteiger partial charge < -0.3 is 0 Å². The minimum absolute atomic E-state index is 0.286. The van der Waals surface area contributed by atoms with E-state index in [9.17, 15) is 0 Å². The summed E-state index contributed by atoms with van der Waals surface area (Å²) in [6, 6.07) is 14.3. The molecular formula is C14H14N4. The van der Waals surface area contributed by atoms with Gasteiger partial charge in [-0.05, 0) is 16.7 Å². The largest absolute Gasteiger partial charge is 0.177 e. The lowest BCUT2D eigenvalue weighted by molar-refractivity contribution is 0.716. The smallest absolute Gasteiger partial charge is 0.131 e. The lowest BCUT2D eigenvalue weighted by Gasteiger charge is -2.04. The van der Waals surface area contributed by atoms with E-state index in [1.165, 1.54) is 5.39 Å². The molecular weight excluding hydrogens is 224 g/mol. The maximum atomic E-state index is 4.42. The Morgan fingerprint density at radius 2 is 1.78 bits per heavy atom. The number of fused-ring (bicyclic) bond motifs is 1. The van der Waals surface area contributed by atoms with Gasteiger partial charge in [0.2, 0.25) is 0 Å². The number of nitrogens with zero attached hydrogens (tertiary/aromatic N) is 4. The number of rotatable bonds is 2. The van der Waals surface area contributed by atoms with E-state index in [2.05, 4.69) is 47.5 Å². The molecule has 0 saturated carbocycles. The Morgan fingerprint density at radius 3 is 2.56 bits per heavy atom. The highest BCUT2D eigenvalue weighted by Gasteiger charge is 2.09. The molecule has 90 valence electrons. The van der Waals surface area contributed by atoms with Crippen molar-refractivity contribution in [1.29, 1.82) is 0 Å². The Labute approximate surface area is 105 Å². The van der Waals surface area contributed by atoms with Crippen LogP contribution < -0.4 is 0 Å². The van der Waals surface area contributed by atoms with Crippen LogP contribution in [0.5, 0.6) is 0 Å². The zero-order valence-electron chi connectivity index (χ0n) is 10.4. The van der Waals surface area contributed by atoms with Crippen molar-refractivity contribution in [3.05, 3.63) is 48.3 Å². The molecule has 0 spiro atoms. The fourth-order valence-electron chi connectivity index (χ4n) is 1.94. The van der Waals surface area contributed by atoms with Gasteiger partial charge in [-0.3, -0.25) is 0 Å². The zero-order chi connectivity index (χ0) is 12.5. The molecule has 0 aliphatic rings. The molecule has 0 atom stereocenters. The molecule has 0 fully saturated rings. The predicted octanol–water partition coefficient (Wildman–Crippen LogP) is 2.94. The molecule has 4 heteroatoms. The van der Waals surface area contributed by atoms with E-state index in [4.69, 9.17) is 0 Å². The Hall–Kier alpha value is -2.23. The summed E-state index contributed by atoms with van der Waals surface area (Å²) >= 11 is 0. The molecule has 0 bridgehead atoms. The third-order valence-electron chi connectivity index (χ3n) is 2.93. The van der Waals surface area contributed by atoms with Crippen LogP contribution in [0.15, 0.2) is 42.5 Å². The van der Waals surface area contributed by atoms with E-state index in [0.29, 0.717) is 0 Å². The SMILES string of the molecule is CC(C)c1nnn(-c2cccc3ccccc23)n1. The molecule has 0 radical (unpaired) electrons. The van der Waals surface area contributed by atoms with Crippen molar-refractivity contribution < 1.29 is 0 Å². The molecule has 0 N–H and O–H groups in total. The highest BCUT2D eigenvalue weighted by molar-refractivity contribution is 5.89. The van der Waals surface area contributed by atoms with Crippen LogP contribution in [0.1, 0.15) is 25.6 Å². The molecule has 0 aliphatic carbocycles. The first-order valence-electron chi connectivity index (χ1n) is 6.04. The molecule has 4 nitrogen and oxygen atoms in total. The highest BCUT2D eigenvalue weighted by Crippen LogP contribution is 2.21. The van der Waals surface area contributed by atoms with Crippen LogP contribution in [-0.2, 0) is 0 Å². The van der Waals surface area contributed by atoms with Crippen molar-refractivity contribution in [2.45, 2.75) is 19.8 Å². The third-order valence-corrected chi connectivity index (χ3v) is 2.93. The zero-order valence-corrected chi connectivity index (χ0v) is 10.4. The first-order valence-corrected chi connectivity index (χ1v) is 6.04. The molecule has 0 aliphatic heterocycles. The number of tetrazole rings is 1. The number of benzene rings is 2. The van der Waals surface area contributed by atoms with Crippen molar-refractivity contribution >= 4 is 10.8 Å². The molecule has 18 heavy (non-hydrogen) atoms. The normalized spacial score (nSPS) is 11.3. The molecule has 3 rings (SSSR count). The predicted molar refractivity (Wildman–Crippen MR) is 70.7 cm³/mol. The number of hydrogen-bond donors (Lipinski definition) is 0. The number of hydrogen-bond acceptors (Lipinski definition) is 3. The van der Waals surface area contributed by atoms with E-state index >= 15 is 0 Å². The molecule has 3 aromatic rings. The van der Waals surface area contributed by atoms with E-state index in [1.807, 2.05) is 24.3 Å². The molecule has 0 saturated heterocycles. The lowest BCUT2D eigenvalue weighted by atomic mass is 10.1. The summed E-state index contributed by atoms with van der Waals surface area (Å²) in [6.07, 6.45) is 0. The molecule has 0 amide bonds. The summed E-state index contributed by atoms with van der Waals surface area (Å²) in [5.41, 5.74) is 0.965. The quantitative estimate of drug-likeness (QED) is 0.689. The highest BCUT2D eigenvalue weighted by atomic mass is 15.6. The second kappa shape index (κ2) is 4.22. The third kappa shape index (κ3) is 1.76. The van der Waals surface area contributed by atoms with Crippen molar-refractivity contribution in [3.8, 4) is 5.69 Å². The van der Waals surface area contributed by atoms with Crippen LogP contribution in [0.4, 0.5) is 0 Å². The van der Waals surface area contributed by atoms with E-state index in [-0.39, 0.29) is 5.92 Å². The van der Waals surface area contributed by atoms with Crippen LogP contribution in [0, 0.1) is 0 Å². The van der Waals surface area contributed by atoms with E-state index < -0.39 is 0 Å². The van der Waals surface area contributed by atoms with E-state index in [1.54, 1.807) is 4.80 Å². The first kappa shape index (κ1) is 10.9. The van der Waals surface area contributed by atoms with Crippen LogP contribution in [0.3, 0.4) is 0 Å². The molecule has 2 aromatic carbocycles. The van der Waals surface area contributed by atoms with Crippen molar-refractivity contribution in [1.82, 2.24) is 20.2 Å². The van der Waals surface area contributed by atoms with Gasteiger partial charge in [0.05, 0.1) is 5.69 Å². The fourth-order valence-corrected chi connectivity index (χ4v) is 1.94. The summed E-state index contributed by atoms with van der Waals surface area (Å²) in [4.78, 5) is 1.61. The van der Waals surface area contributed by atoms with Crippen molar-refractivity contribution in [3.63, 3.8) is 0 Å². The molecule has 1 heterocycles. The van der Waals surface area contributed by atoms with Crippen LogP contribution >= 0.6 is 0 Å². The maximum absolute atomic E-state index is 4.42. The van der Waals surface area contributed by atoms with Gasteiger partial charge in [-0.25, -0.2) is 0 Å². The first-order chi connectivity index (χ1) is 8.75. The van der Waals surface area contributed by atoms with Crippen LogP contribution in [-0.4, -0.2) is 20.2 Å². The standard InChI is InChI=1S/C14H14N4/c1-10(2)14-15-17-18(16-14)13-9-5-7-11-6-3-4-8-12(11)13/h3-10H,1-2H3. The topological polar surface area (TPSA) is 43.6 Å². The number of aromatic nitrogens is 4. The van der Waals surface area contributed by atoms with Crippen LogP contribution in [0.25, 0.3) is 16.5 Å². The minimum Gasteiger partial charge on any atom is -0.131 e. The van der Waals surface area contributed by atoms with Crippen molar-refractivity contribution in [2.75, 3.05) is 0 Å². The van der Waals surface area contributed by atoms with Gasteiger partial charge in [-0.2, -0.15) is 0 Å². The Kier molecular flexibility index (Phi) is 2.55. The van der Waals surface area contributed by atoms with Gasteiger partial charge >= 0.3 is 0 Å². The average molecular weight is 238 g/mol.